The lowest BCUT2D eigenvalue weighted by Crippen LogP contribution is -2.54. The van der Waals surface area contributed by atoms with Gasteiger partial charge in [-0.25, -0.2) is 0 Å². The zero-order chi connectivity index (χ0) is 20.4. The number of rotatable bonds is 5. The number of carbonyl (C=O) groups is 2. The van der Waals surface area contributed by atoms with Crippen LogP contribution < -0.4 is 15.1 Å². The fourth-order valence-electron chi connectivity index (χ4n) is 3.12. The minimum atomic E-state index is -0.530. The summed E-state index contributed by atoms with van der Waals surface area (Å²) < 4.78 is 5.80. The van der Waals surface area contributed by atoms with Gasteiger partial charge in [-0.3, -0.25) is 19.8 Å². The van der Waals surface area contributed by atoms with Crippen LogP contribution in [0.4, 0.5) is 11.6 Å². The minimum absolute atomic E-state index is 0.0186. The SMILES string of the molecule is CCN(CC)c1ccc(/C=C2\C(=O)NC(=S)N(c3cccc(C)c3C)C2=O)o1. The highest BCUT2D eigenvalue weighted by Gasteiger charge is 2.35. The maximum Gasteiger partial charge on any atom is 0.270 e. The van der Waals surface area contributed by atoms with E-state index in [1.807, 2.05) is 56.9 Å². The summed E-state index contributed by atoms with van der Waals surface area (Å²) in [6.45, 7) is 9.55. The van der Waals surface area contributed by atoms with E-state index in [1.165, 1.54) is 11.0 Å². The molecule has 0 aliphatic carbocycles. The molecule has 1 saturated heterocycles. The molecule has 1 aromatic heterocycles. The molecule has 1 aliphatic heterocycles. The normalized spacial score (nSPS) is 15.9. The van der Waals surface area contributed by atoms with Gasteiger partial charge >= 0.3 is 0 Å². The third-order valence-corrected chi connectivity index (χ3v) is 5.18. The fraction of sp³-hybridized carbons (Fsp3) is 0.286. The fourth-order valence-corrected chi connectivity index (χ4v) is 3.40. The number of benzene rings is 1. The van der Waals surface area contributed by atoms with E-state index in [1.54, 1.807) is 6.07 Å². The quantitative estimate of drug-likeness (QED) is 0.475. The minimum Gasteiger partial charge on any atom is -0.441 e. The molecule has 2 aromatic rings. The van der Waals surface area contributed by atoms with Gasteiger partial charge in [-0.2, -0.15) is 0 Å². The Balaban J connectivity index is 1.98. The van der Waals surface area contributed by atoms with E-state index < -0.39 is 11.8 Å². The van der Waals surface area contributed by atoms with Gasteiger partial charge in [0.05, 0.1) is 5.69 Å². The van der Waals surface area contributed by atoms with Gasteiger partial charge in [-0.05, 0) is 69.2 Å². The molecule has 1 aliphatic rings. The van der Waals surface area contributed by atoms with Gasteiger partial charge in [0, 0.05) is 19.2 Å². The van der Waals surface area contributed by atoms with E-state index in [0.29, 0.717) is 17.3 Å². The molecule has 146 valence electrons. The van der Waals surface area contributed by atoms with Crippen molar-refractivity contribution in [2.24, 2.45) is 0 Å². The van der Waals surface area contributed by atoms with Crippen LogP contribution in [-0.2, 0) is 9.59 Å². The summed E-state index contributed by atoms with van der Waals surface area (Å²) in [7, 11) is 0. The maximum atomic E-state index is 13.1. The Hall–Kier alpha value is -2.93. The van der Waals surface area contributed by atoms with Crippen LogP contribution in [0.15, 0.2) is 40.3 Å². The lowest BCUT2D eigenvalue weighted by molar-refractivity contribution is -0.122. The molecule has 0 bridgehead atoms. The van der Waals surface area contributed by atoms with Gasteiger partial charge < -0.3 is 9.32 Å². The Labute approximate surface area is 169 Å². The molecule has 0 atom stereocenters. The molecule has 28 heavy (non-hydrogen) atoms. The second kappa shape index (κ2) is 7.98. The van der Waals surface area contributed by atoms with Crippen molar-refractivity contribution in [3.8, 4) is 0 Å². The molecule has 0 unspecified atom stereocenters. The van der Waals surface area contributed by atoms with E-state index in [4.69, 9.17) is 16.6 Å². The number of nitrogens with one attached hydrogen (secondary N) is 1. The zero-order valence-electron chi connectivity index (χ0n) is 16.4. The van der Waals surface area contributed by atoms with E-state index in [0.717, 1.165) is 24.2 Å². The third kappa shape index (κ3) is 3.57. The number of carbonyl (C=O) groups excluding carboxylic acids is 2. The lowest BCUT2D eigenvalue weighted by Gasteiger charge is -2.30. The van der Waals surface area contributed by atoms with Gasteiger partial charge in [-0.1, -0.05) is 12.1 Å². The smallest absolute Gasteiger partial charge is 0.270 e. The van der Waals surface area contributed by atoms with Crippen molar-refractivity contribution >= 4 is 46.8 Å². The van der Waals surface area contributed by atoms with Gasteiger partial charge in [0.2, 0.25) is 0 Å². The summed E-state index contributed by atoms with van der Waals surface area (Å²) in [5.41, 5.74) is 2.60. The average Bonchev–Trinajstić information content (AvgIpc) is 3.11. The summed E-state index contributed by atoms with van der Waals surface area (Å²) in [6, 6.07) is 9.21. The van der Waals surface area contributed by atoms with E-state index in [9.17, 15) is 9.59 Å². The lowest BCUT2D eigenvalue weighted by atomic mass is 10.0. The Morgan fingerprint density at radius 1 is 1.14 bits per heavy atom. The van der Waals surface area contributed by atoms with Crippen molar-refractivity contribution in [1.82, 2.24) is 5.32 Å². The third-order valence-electron chi connectivity index (χ3n) is 4.89. The molecule has 7 heteroatoms. The predicted molar refractivity (Wildman–Crippen MR) is 114 cm³/mol. The molecule has 0 radical (unpaired) electrons. The number of amides is 2. The molecule has 2 heterocycles. The van der Waals surface area contributed by atoms with Crippen LogP contribution in [-0.4, -0.2) is 30.0 Å². The molecule has 1 aromatic carbocycles. The van der Waals surface area contributed by atoms with Crippen LogP contribution in [0.3, 0.4) is 0 Å². The summed E-state index contributed by atoms with van der Waals surface area (Å²) >= 11 is 5.27. The van der Waals surface area contributed by atoms with Crippen molar-refractivity contribution in [3.63, 3.8) is 0 Å². The van der Waals surface area contributed by atoms with Gasteiger partial charge in [0.1, 0.15) is 11.3 Å². The molecule has 6 nitrogen and oxygen atoms in total. The van der Waals surface area contributed by atoms with Gasteiger partial charge in [0.15, 0.2) is 11.0 Å². The number of hydrogen-bond acceptors (Lipinski definition) is 5. The number of hydrogen-bond donors (Lipinski definition) is 1. The zero-order valence-corrected chi connectivity index (χ0v) is 17.2. The molecule has 2 amide bonds. The highest BCUT2D eigenvalue weighted by Crippen LogP contribution is 2.28. The van der Waals surface area contributed by atoms with E-state index in [-0.39, 0.29) is 10.7 Å². The van der Waals surface area contributed by atoms with Crippen LogP contribution in [0.2, 0.25) is 0 Å². The van der Waals surface area contributed by atoms with E-state index >= 15 is 0 Å². The molecular weight excluding hydrogens is 374 g/mol. The highest BCUT2D eigenvalue weighted by atomic mass is 32.1. The predicted octanol–water partition coefficient (Wildman–Crippen LogP) is 3.57. The Morgan fingerprint density at radius 3 is 2.54 bits per heavy atom. The van der Waals surface area contributed by atoms with Crippen LogP contribution in [0.5, 0.6) is 0 Å². The Bertz CT molecular complexity index is 973. The summed E-state index contributed by atoms with van der Waals surface area (Å²) in [6.07, 6.45) is 1.46. The van der Waals surface area contributed by atoms with Crippen LogP contribution >= 0.6 is 12.2 Å². The second-order valence-electron chi connectivity index (χ2n) is 6.53. The Morgan fingerprint density at radius 2 is 1.86 bits per heavy atom. The van der Waals surface area contributed by atoms with Crippen molar-refractivity contribution in [2.75, 3.05) is 22.9 Å². The molecule has 0 saturated carbocycles. The van der Waals surface area contributed by atoms with Crippen LogP contribution in [0.1, 0.15) is 30.7 Å². The first-order valence-electron chi connectivity index (χ1n) is 9.19. The molecule has 1 N–H and O–H groups in total. The van der Waals surface area contributed by atoms with Gasteiger partial charge in [0.25, 0.3) is 11.8 Å². The molecule has 1 fully saturated rings. The van der Waals surface area contributed by atoms with Crippen molar-refractivity contribution in [1.29, 1.82) is 0 Å². The van der Waals surface area contributed by atoms with E-state index in [2.05, 4.69) is 5.32 Å². The summed E-state index contributed by atoms with van der Waals surface area (Å²) in [5.74, 6) is 0.136. The number of nitrogens with zero attached hydrogens (tertiary/aromatic N) is 2. The van der Waals surface area contributed by atoms with Crippen molar-refractivity contribution in [3.05, 3.63) is 52.8 Å². The Kier molecular flexibility index (Phi) is 5.65. The number of aryl methyl sites for hydroxylation is 1. The van der Waals surface area contributed by atoms with Crippen LogP contribution in [0.25, 0.3) is 6.08 Å². The first-order valence-corrected chi connectivity index (χ1v) is 9.60. The van der Waals surface area contributed by atoms with Crippen molar-refractivity contribution in [2.45, 2.75) is 27.7 Å². The monoisotopic (exact) mass is 397 g/mol. The molecule has 3 rings (SSSR count). The molecular formula is C21H23N3O3S. The first kappa shape index (κ1) is 19.8. The molecule has 0 spiro atoms. The number of furan rings is 1. The topological polar surface area (TPSA) is 65.8 Å². The summed E-state index contributed by atoms with van der Waals surface area (Å²) in [4.78, 5) is 29.0. The average molecular weight is 398 g/mol. The van der Waals surface area contributed by atoms with Gasteiger partial charge in [-0.15, -0.1) is 0 Å². The first-order chi connectivity index (χ1) is 13.4. The number of thiocarbonyl (C=S) groups is 1. The number of anilines is 2. The largest absolute Gasteiger partial charge is 0.441 e. The highest BCUT2D eigenvalue weighted by molar-refractivity contribution is 7.80. The maximum absolute atomic E-state index is 13.1. The standard InChI is InChI=1S/C21H23N3O3S/c1-5-23(6-2)18-11-10-15(27-18)12-16-19(25)22-21(28)24(20(16)26)17-9-7-8-13(3)14(17)4/h7-12H,5-6H2,1-4H3,(H,22,25,28)/b16-12+. The second-order valence-corrected chi connectivity index (χ2v) is 6.91. The van der Waals surface area contributed by atoms with Crippen LogP contribution in [0, 0.1) is 13.8 Å². The van der Waals surface area contributed by atoms with Crippen molar-refractivity contribution < 1.29 is 14.0 Å². The summed E-state index contributed by atoms with van der Waals surface area (Å²) in [5, 5.41) is 2.68.